The quantitative estimate of drug-likeness (QED) is 0.768. The molecule has 2 rings (SSSR count). The summed E-state index contributed by atoms with van der Waals surface area (Å²) in [5.41, 5.74) is 5.07. The molecule has 7 nitrogen and oxygen atoms in total. The summed E-state index contributed by atoms with van der Waals surface area (Å²) >= 11 is 1.36. The molecule has 3 N–H and O–H groups in total. The molecule has 0 aromatic carbocycles. The van der Waals surface area contributed by atoms with E-state index in [2.05, 4.69) is 15.5 Å². The minimum absolute atomic E-state index is 0.0180. The van der Waals surface area contributed by atoms with Crippen LogP contribution < -0.4 is 11.1 Å². The number of amides is 2. The average Bonchev–Trinajstić information content (AvgIpc) is 2.92. The number of carbonyl (C=O) groups is 2. The second-order valence-corrected chi connectivity index (χ2v) is 6.89. The van der Waals surface area contributed by atoms with Gasteiger partial charge in [0.05, 0.1) is 5.92 Å². The number of carbonyl (C=O) groups excluding carboxylic acids is 2. The summed E-state index contributed by atoms with van der Waals surface area (Å²) in [4.78, 5) is 25.6. The summed E-state index contributed by atoms with van der Waals surface area (Å²) in [6.07, 6.45) is 1.79. The highest BCUT2D eigenvalue weighted by atomic mass is 32.1. The van der Waals surface area contributed by atoms with Crippen LogP contribution in [0.2, 0.25) is 0 Å². The Hall–Kier alpha value is -1.70. The van der Waals surface area contributed by atoms with Gasteiger partial charge in [0.15, 0.2) is 0 Å². The Morgan fingerprint density at radius 2 is 2.24 bits per heavy atom. The van der Waals surface area contributed by atoms with E-state index in [1.54, 1.807) is 11.9 Å². The van der Waals surface area contributed by atoms with E-state index in [9.17, 15) is 9.59 Å². The second kappa shape index (κ2) is 5.97. The number of hydrogen-bond acceptors (Lipinski definition) is 6. The molecule has 2 heterocycles. The zero-order chi connectivity index (χ0) is 15.6. The van der Waals surface area contributed by atoms with Gasteiger partial charge in [0.2, 0.25) is 16.9 Å². The first-order valence-electron chi connectivity index (χ1n) is 6.94. The lowest BCUT2D eigenvalue weighted by Crippen LogP contribution is -2.47. The van der Waals surface area contributed by atoms with E-state index in [4.69, 9.17) is 5.73 Å². The van der Waals surface area contributed by atoms with Gasteiger partial charge in [-0.2, -0.15) is 0 Å². The molecular formula is C13H21N5O2S. The van der Waals surface area contributed by atoms with Crippen molar-refractivity contribution in [3.05, 3.63) is 5.01 Å². The Bertz CT molecular complexity index is 542. The molecule has 21 heavy (non-hydrogen) atoms. The van der Waals surface area contributed by atoms with Crippen molar-refractivity contribution in [2.24, 2.45) is 5.92 Å². The first kappa shape index (κ1) is 15.7. The van der Waals surface area contributed by atoms with Gasteiger partial charge in [-0.05, 0) is 20.3 Å². The third kappa shape index (κ3) is 3.31. The molecule has 1 aliphatic heterocycles. The Labute approximate surface area is 127 Å². The van der Waals surface area contributed by atoms with Gasteiger partial charge in [0.1, 0.15) is 5.01 Å². The highest BCUT2D eigenvalue weighted by Crippen LogP contribution is 2.34. The number of nitrogen functional groups attached to an aromatic ring is 1. The third-order valence-corrected chi connectivity index (χ3v) is 4.95. The summed E-state index contributed by atoms with van der Waals surface area (Å²) in [5.74, 6) is -0.342. The molecule has 0 saturated carbocycles. The number of nitrogens with two attached hydrogens (primary N) is 1. The monoisotopic (exact) mass is 311 g/mol. The largest absolute Gasteiger partial charge is 0.374 e. The van der Waals surface area contributed by atoms with Crippen molar-refractivity contribution in [2.45, 2.75) is 38.6 Å². The molecule has 0 bridgehead atoms. The standard InChI is InChI=1S/C13H21N5O2S/c1-13(2)8(7-10(19)18(13)3)11(20)15-6-4-5-9-16-17-12(14)21-9/h8H,4-7H2,1-3H3,(H2,14,17)(H,15,20). The van der Waals surface area contributed by atoms with E-state index in [0.717, 1.165) is 17.8 Å². The lowest BCUT2D eigenvalue weighted by atomic mass is 9.88. The minimum atomic E-state index is -0.436. The molecule has 2 amide bonds. The molecule has 1 unspecified atom stereocenters. The van der Waals surface area contributed by atoms with Crippen molar-refractivity contribution in [2.75, 3.05) is 19.3 Å². The molecule has 1 aromatic heterocycles. The Balaban J connectivity index is 1.78. The van der Waals surface area contributed by atoms with Gasteiger partial charge in [-0.1, -0.05) is 11.3 Å². The van der Waals surface area contributed by atoms with Crippen LogP contribution in [0.1, 0.15) is 31.7 Å². The summed E-state index contributed by atoms with van der Waals surface area (Å²) in [5, 5.41) is 11.9. The second-order valence-electron chi connectivity index (χ2n) is 5.79. The number of likely N-dealkylation sites (tertiary alicyclic amines) is 1. The van der Waals surface area contributed by atoms with Gasteiger partial charge in [0.25, 0.3) is 0 Å². The number of nitrogens with one attached hydrogen (secondary N) is 1. The van der Waals surface area contributed by atoms with E-state index in [0.29, 0.717) is 11.7 Å². The van der Waals surface area contributed by atoms with Crippen LogP contribution in [0.3, 0.4) is 0 Å². The summed E-state index contributed by atoms with van der Waals surface area (Å²) in [6, 6.07) is 0. The lowest BCUT2D eigenvalue weighted by molar-refractivity contribution is -0.128. The van der Waals surface area contributed by atoms with Crippen LogP contribution in [0.15, 0.2) is 0 Å². The Morgan fingerprint density at radius 3 is 2.76 bits per heavy atom. The minimum Gasteiger partial charge on any atom is -0.374 e. The first-order chi connectivity index (χ1) is 9.82. The maximum atomic E-state index is 12.2. The smallest absolute Gasteiger partial charge is 0.225 e. The SMILES string of the molecule is CN1C(=O)CC(C(=O)NCCCc2nnc(N)s2)C1(C)C. The van der Waals surface area contributed by atoms with Crippen LogP contribution in [-0.4, -0.2) is 46.0 Å². The molecule has 1 fully saturated rings. The fourth-order valence-corrected chi connectivity index (χ4v) is 3.12. The van der Waals surface area contributed by atoms with Crippen molar-refractivity contribution in [3.8, 4) is 0 Å². The van der Waals surface area contributed by atoms with Crippen molar-refractivity contribution < 1.29 is 9.59 Å². The van der Waals surface area contributed by atoms with Crippen molar-refractivity contribution in [3.63, 3.8) is 0 Å². The summed E-state index contributed by atoms with van der Waals surface area (Å²) < 4.78 is 0. The van der Waals surface area contributed by atoms with Gasteiger partial charge in [-0.15, -0.1) is 10.2 Å². The molecule has 116 valence electrons. The topological polar surface area (TPSA) is 101 Å². The van der Waals surface area contributed by atoms with Gasteiger partial charge in [-0.3, -0.25) is 9.59 Å². The first-order valence-corrected chi connectivity index (χ1v) is 7.76. The number of rotatable bonds is 5. The van der Waals surface area contributed by atoms with E-state index in [1.807, 2.05) is 13.8 Å². The van der Waals surface area contributed by atoms with E-state index in [-0.39, 0.29) is 24.2 Å². The normalized spacial score (nSPS) is 20.8. The number of aryl methyl sites for hydroxylation is 1. The van der Waals surface area contributed by atoms with Crippen molar-refractivity contribution in [1.82, 2.24) is 20.4 Å². The Kier molecular flexibility index (Phi) is 4.46. The van der Waals surface area contributed by atoms with Gasteiger partial charge in [-0.25, -0.2) is 0 Å². The number of aromatic nitrogens is 2. The van der Waals surface area contributed by atoms with Crippen LogP contribution in [0.4, 0.5) is 5.13 Å². The van der Waals surface area contributed by atoms with E-state index < -0.39 is 5.54 Å². The van der Waals surface area contributed by atoms with Crippen LogP contribution in [-0.2, 0) is 16.0 Å². The predicted molar refractivity (Wildman–Crippen MR) is 80.6 cm³/mol. The highest BCUT2D eigenvalue weighted by molar-refractivity contribution is 7.15. The molecule has 1 aromatic rings. The maximum Gasteiger partial charge on any atom is 0.225 e. The molecule has 0 radical (unpaired) electrons. The molecule has 1 saturated heterocycles. The number of nitrogens with zero attached hydrogens (tertiary/aromatic N) is 3. The van der Waals surface area contributed by atoms with Crippen molar-refractivity contribution >= 4 is 28.3 Å². The van der Waals surface area contributed by atoms with Crippen LogP contribution in [0.25, 0.3) is 0 Å². The average molecular weight is 311 g/mol. The van der Waals surface area contributed by atoms with E-state index in [1.165, 1.54) is 11.3 Å². The molecule has 0 spiro atoms. The Morgan fingerprint density at radius 1 is 1.52 bits per heavy atom. The molecule has 1 atom stereocenters. The summed E-state index contributed by atoms with van der Waals surface area (Å²) in [6.45, 7) is 4.40. The van der Waals surface area contributed by atoms with E-state index >= 15 is 0 Å². The molecule has 1 aliphatic rings. The molecule has 8 heteroatoms. The fraction of sp³-hybridized carbons (Fsp3) is 0.692. The fourth-order valence-electron chi connectivity index (χ4n) is 2.47. The molecular weight excluding hydrogens is 290 g/mol. The lowest BCUT2D eigenvalue weighted by Gasteiger charge is -2.32. The maximum absolute atomic E-state index is 12.2. The zero-order valence-corrected chi connectivity index (χ0v) is 13.4. The van der Waals surface area contributed by atoms with Crippen LogP contribution in [0.5, 0.6) is 0 Å². The highest BCUT2D eigenvalue weighted by Gasteiger charge is 2.47. The van der Waals surface area contributed by atoms with Crippen LogP contribution >= 0.6 is 11.3 Å². The number of anilines is 1. The van der Waals surface area contributed by atoms with Gasteiger partial charge < -0.3 is 16.0 Å². The zero-order valence-electron chi connectivity index (χ0n) is 12.5. The summed E-state index contributed by atoms with van der Waals surface area (Å²) in [7, 11) is 1.75. The van der Waals surface area contributed by atoms with Crippen LogP contribution in [0, 0.1) is 5.92 Å². The number of hydrogen-bond donors (Lipinski definition) is 2. The molecule has 0 aliphatic carbocycles. The third-order valence-electron chi connectivity index (χ3n) is 4.14. The van der Waals surface area contributed by atoms with Gasteiger partial charge in [0, 0.05) is 32.0 Å². The van der Waals surface area contributed by atoms with Gasteiger partial charge >= 0.3 is 0 Å². The van der Waals surface area contributed by atoms with Crippen molar-refractivity contribution in [1.29, 1.82) is 0 Å². The predicted octanol–water partition coefficient (Wildman–Crippen LogP) is 0.426.